The first-order chi connectivity index (χ1) is 15.6. The van der Waals surface area contributed by atoms with E-state index < -0.39 is 0 Å². The Hall–Kier alpha value is -3.52. The van der Waals surface area contributed by atoms with Crippen LogP contribution in [0.1, 0.15) is 28.6 Å². The SMILES string of the molecule is CCc1ccc2nc(N(Cc3ccco3)C(=O)c3cc(OC)c(OC)c(OC)c3)sc2c1. The fourth-order valence-corrected chi connectivity index (χ4v) is 4.46. The summed E-state index contributed by atoms with van der Waals surface area (Å²) in [4.78, 5) is 20.0. The van der Waals surface area contributed by atoms with E-state index in [2.05, 4.69) is 19.1 Å². The van der Waals surface area contributed by atoms with Crippen LogP contribution in [0.15, 0.2) is 53.1 Å². The lowest BCUT2D eigenvalue weighted by Crippen LogP contribution is -2.30. The number of amides is 1. The van der Waals surface area contributed by atoms with Crippen LogP contribution >= 0.6 is 11.3 Å². The van der Waals surface area contributed by atoms with E-state index in [0.717, 1.165) is 16.6 Å². The molecule has 2 heterocycles. The molecule has 0 radical (unpaired) electrons. The lowest BCUT2D eigenvalue weighted by molar-refractivity contribution is 0.0982. The van der Waals surface area contributed by atoms with E-state index in [9.17, 15) is 4.79 Å². The molecule has 0 saturated carbocycles. The maximum absolute atomic E-state index is 13.7. The quantitative estimate of drug-likeness (QED) is 0.360. The maximum Gasteiger partial charge on any atom is 0.260 e. The number of thiazole rings is 1. The van der Waals surface area contributed by atoms with Gasteiger partial charge in [0.1, 0.15) is 5.76 Å². The molecule has 0 spiro atoms. The van der Waals surface area contributed by atoms with Gasteiger partial charge in [0, 0.05) is 5.56 Å². The van der Waals surface area contributed by atoms with Crippen molar-refractivity contribution in [2.75, 3.05) is 26.2 Å². The van der Waals surface area contributed by atoms with Crippen LogP contribution in [0.2, 0.25) is 0 Å². The van der Waals surface area contributed by atoms with Crippen LogP contribution in [-0.4, -0.2) is 32.2 Å². The molecular formula is C24H24N2O5S. The largest absolute Gasteiger partial charge is 0.493 e. The fraction of sp³-hybridized carbons (Fsp3) is 0.250. The average molecular weight is 453 g/mol. The zero-order chi connectivity index (χ0) is 22.7. The number of nitrogens with zero attached hydrogens (tertiary/aromatic N) is 2. The van der Waals surface area contributed by atoms with Crippen LogP contribution in [0.4, 0.5) is 5.13 Å². The second-order valence-electron chi connectivity index (χ2n) is 7.04. The number of hydrogen-bond donors (Lipinski definition) is 0. The van der Waals surface area contributed by atoms with Crippen LogP contribution in [0.5, 0.6) is 17.2 Å². The molecule has 0 aliphatic heterocycles. The first-order valence-corrected chi connectivity index (χ1v) is 10.9. The van der Waals surface area contributed by atoms with Gasteiger partial charge < -0.3 is 18.6 Å². The van der Waals surface area contributed by atoms with Crippen molar-refractivity contribution >= 4 is 32.6 Å². The summed E-state index contributed by atoms with van der Waals surface area (Å²) in [5, 5.41) is 0.586. The lowest BCUT2D eigenvalue weighted by atomic mass is 10.1. The topological polar surface area (TPSA) is 74.0 Å². The normalized spacial score (nSPS) is 10.9. The van der Waals surface area contributed by atoms with E-state index in [-0.39, 0.29) is 12.5 Å². The van der Waals surface area contributed by atoms with Crippen molar-refractivity contribution in [1.29, 1.82) is 0 Å². The van der Waals surface area contributed by atoms with Crippen LogP contribution < -0.4 is 19.1 Å². The second-order valence-corrected chi connectivity index (χ2v) is 8.05. The Morgan fingerprint density at radius 2 is 1.81 bits per heavy atom. The Balaban J connectivity index is 1.79. The van der Waals surface area contributed by atoms with Crippen molar-refractivity contribution in [3.63, 3.8) is 0 Å². The van der Waals surface area contributed by atoms with Gasteiger partial charge in [0.15, 0.2) is 16.6 Å². The zero-order valence-corrected chi connectivity index (χ0v) is 19.2. The fourth-order valence-electron chi connectivity index (χ4n) is 3.44. The molecule has 166 valence electrons. The molecule has 0 aliphatic carbocycles. The van der Waals surface area contributed by atoms with Crippen molar-refractivity contribution in [2.45, 2.75) is 19.9 Å². The van der Waals surface area contributed by atoms with E-state index in [1.165, 1.54) is 38.2 Å². The van der Waals surface area contributed by atoms with Gasteiger partial charge in [-0.05, 0) is 48.4 Å². The highest BCUT2D eigenvalue weighted by atomic mass is 32.1. The third-order valence-corrected chi connectivity index (χ3v) is 6.17. The minimum atomic E-state index is -0.254. The van der Waals surface area contributed by atoms with E-state index >= 15 is 0 Å². The van der Waals surface area contributed by atoms with Gasteiger partial charge >= 0.3 is 0 Å². The summed E-state index contributed by atoms with van der Waals surface area (Å²) in [7, 11) is 4.56. The molecule has 0 fully saturated rings. The van der Waals surface area contributed by atoms with Crippen LogP contribution in [-0.2, 0) is 13.0 Å². The number of methoxy groups -OCH3 is 3. The molecule has 0 saturated heterocycles. The van der Waals surface area contributed by atoms with Crippen molar-refractivity contribution in [2.24, 2.45) is 0 Å². The monoisotopic (exact) mass is 452 g/mol. The molecule has 0 aliphatic rings. The van der Waals surface area contributed by atoms with Crippen LogP contribution in [0.25, 0.3) is 10.2 Å². The summed E-state index contributed by atoms with van der Waals surface area (Å²) in [5.74, 6) is 1.64. The molecule has 2 aromatic carbocycles. The van der Waals surface area contributed by atoms with Crippen molar-refractivity contribution in [3.8, 4) is 17.2 Å². The second kappa shape index (κ2) is 9.32. The Bertz CT molecular complexity index is 1210. The van der Waals surface area contributed by atoms with Gasteiger partial charge in [-0.15, -0.1) is 0 Å². The number of carbonyl (C=O) groups excluding carboxylic acids is 1. The summed E-state index contributed by atoms with van der Waals surface area (Å²) >= 11 is 1.47. The van der Waals surface area contributed by atoms with Crippen molar-refractivity contribution in [1.82, 2.24) is 4.98 Å². The highest BCUT2D eigenvalue weighted by Crippen LogP contribution is 2.39. The molecule has 1 amide bonds. The van der Waals surface area contributed by atoms with Crippen molar-refractivity contribution < 1.29 is 23.4 Å². The first kappa shape index (κ1) is 21.7. The van der Waals surface area contributed by atoms with Gasteiger partial charge in [0.05, 0.1) is 44.4 Å². The summed E-state index contributed by atoms with van der Waals surface area (Å²) in [5.41, 5.74) is 2.46. The van der Waals surface area contributed by atoms with E-state index in [4.69, 9.17) is 23.6 Å². The number of aryl methyl sites for hydroxylation is 1. The highest BCUT2D eigenvalue weighted by Gasteiger charge is 2.25. The molecule has 0 atom stereocenters. The molecule has 7 nitrogen and oxygen atoms in total. The number of ether oxygens (including phenoxy) is 3. The molecule has 0 bridgehead atoms. The zero-order valence-electron chi connectivity index (χ0n) is 18.4. The predicted molar refractivity (Wildman–Crippen MR) is 124 cm³/mol. The van der Waals surface area contributed by atoms with Gasteiger partial charge in [-0.2, -0.15) is 0 Å². The maximum atomic E-state index is 13.7. The molecule has 0 N–H and O–H groups in total. The van der Waals surface area contributed by atoms with Gasteiger partial charge in [-0.1, -0.05) is 24.3 Å². The third-order valence-electron chi connectivity index (χ3n) is 5.13. The molecule has 2 aromatic heterocycles. The Kier molecular flexibility index (Phi) is 6.32. The van der Waals surface area contributed by atoms with Gasteiger partial charge in [-0.3, -0.25) is 9.69 Å². The third kappa shape index (κ3) is 4.13. The van der Waals surface area contributed by atoms with E-state index in [1.807, 2.05) is 12.1 Å². The molecule has 4 rings (SSSR count). The standard InChI is InChI=1S/C24H24N2O5S/c1-5-15-8-9-18-21(11-15)32-24(25-18)26(14-17-7-6-10-31-17)23(27)16-12-19(28-2)22(30-4)20(13-16)29-3/h6-13H,5,14H2,1-4H3. The number of benzene rings is 2. The minimum absolute atomic E-state index is 0.239. The summed E-state index contributed by atoms with van der Waals surface area (Å²) in [6.45, 7) is 2.35. The average Bonchev–Trinajstić information content (AvgIpc) is 3.49. The summed E-state index contributed by atoms with van der Waals surface area (Å²) in [6, 6.07) is 13.1. The highest BCUT2D eigenvalue weighted by molar-refractivity contribution is 7.22. The smallest absolute Gasteiger partial charge is 0.260 e. The first-order valence-electron chi connectivity index (χ1n) is 10.1. The van der Waals surface area contributed by atoms with E-state index in [0.29, 0.717) is 33.7 Å². The van der Waals surface area contributed by atoms with Crippen LogP contribution in [0.3, 0.4) is 0 Å². The molecule has 4 aromatic rings. The number of furan rings is 1. The summed E-state index contributed by atoms with van der Waals surface area (Å²) in [6.07, 6.45) is 2.52. The number of fused-ring (bicyclic) bond motifs is 1. The molecule has 8 heteroatoms. The number of rotatable bonds is 8. The Morgan fingerprint density at radius 3 is 2.41 bits per heavy atom. The Labute approximate surface area is 190 Å². The minimum Gasteiger partial charge on any atom is -0.493 e. The number of carbonyl (C=O) groups is 1. The van der Waals surface area contributed by atoms with Gasteiger partial charge in [0.25, 0.3) is 5.91 Å². The van der Waals surface area contributed by atoms with Crippen LogP contribution in [0, 0.1) is 0 Å². The number of aromatic nitrogens is 1. The molecule has 32 heavy (non-hydrogen) atoms. The molecular weight excluding hydrogens is 428 g/mol. The lowest BCUT2D eigenvalue weighted by Gasteiger charge is -2.20. The Morgan fingerprint density at radius 1 is 1.06 bits per heavy atom. The molecule has 0 unspecified atom stereocenters. The van der Waals surface area contributed by atoms with Gasteiger partial charge in [-0.25, -0.2) is 4.98 Å². The van der Waals surface area contributed by atoms with Crippen molar-refractivity contribution in [3.05, 3.63) is 65.6 Å². The van der Waals surface area contributed by atoms with E-state index in [1.54, 1.807) is 29.4 Å². The number of hydrogen-bond acceptors (Lipinski definition) is 7. The number of anilines is 1. The summed E-state index contributed by atoms with van der Waals surface area (Å²) < 4.78 is 22.8. The van der Waals surface area contributed by atoms with Gasteiger partial charge in [0.2, 0.25) is 5.75 Å². The predicted octanol–water partition coefficient (Wildman–Crippen LogP) is 5.32.